The number of hydrogen-bond donors (Lipinski definition) is 1. The van der Waals surface area contributed by atoms with E-state index in [4.69, 9.17) is 26.8 Å². The molecule has 1 aromatic carbocycles. The molecular formula is C25H30ClFN6O3. The van der Waals surface area contributed by atoms with E-state index in [1.807, 2.05) is 20.8 Å². The van der Waals surface area contributed by atoms with Crippen molar-refractivity contribution >= 4 is 23.5 Å². The smallest absolute Gasteiger partial charge is 0.410 e. The molecule has 3 aromatic rings. The van der Waals surface area contributed by atoms with Crippen LogP contribution in [0.5, 0.6) is 5.75 Å². The molecule has 192 valence electrons. The lowest BCUT2D eigenvalue weighted by atomic mass is 10.1. The van der Waals surface area contributed by atoms with Gasteiger partial charge in [0, 0.05) is 30.4 Å². The van der Waals surface area contributed by atoms with Crippen LogP contribution in [0.15, 0.2) is 36.7 Å². The zero-order valence-electron chi connectivity index (χ0n) is 20.7. The summed E-state index contributed by atoms with van der Waals surface area (Å²) >= 11 is 6.10. The molecule has 1 aliphatic heterocycles. The van der Waals surface area contributed by atoms with Crippen LogP contribution in [0, 0.1) is 5.82 Å². The van der Waals surface area contributed by atoms with Crippen LogP contribution in [0.25, 0.3) is 11.3 Å². The van der Waals surface area contributed by atoms with Gasteiger partial charge in [-0.05, 0) is 52.7 Å². The number of nitrogens with zero attached hydrogens (tertiary/aromatic N) is 5. The fourth-order valence-electron chi connectivity index (χ4n) is 3.97. The number of pyridine rings is 1. The van der Waals surface area contributed by atoms with Gasteiger partial charge in [0.2, 0.25) is 0 Å². The Morgan fingerprint density at radius 2 is 1.97 bits per heavy atom. The van der Waals surface area contributed by atoms with E-state index in [1.54, 1.807) is 47.2 Å². The summed E-state index contributed by atoms with van der Waals surface area (Å²) < 4.78 is 25.3. The van der Waals surface area contributed by atoms with Crippen molar-refractivity contribution in [1.29, 1.82) is 0 Å². The Balaban J connectivity index is 1.44. The number of rotatable bonds is 5. The Labute approximate surface area is 214 Å². The monoisotopic (exact) mass is 516 g/mol. The van der Waals surface area contributed by atoms with Crippen LogP contribution in [0.2, 0.25) is 5.02 Å². The standard InChI is InChI=1S/C25H30ClFN6O3/c1-15(18-6-5-7-19(27)22(18)26)35-21-12-16(13-29-23(21)28)20-14-30-33(31-20)17-8-10-32(11-9-17)24(34)36-25(2,3)4/h5-7,12-15,17H,8-11H2,1-4H3,(H2,28,29)/t15-/m1/s1. The van der Waals surface area contributed by atoms with Crippen molar-refractivity contribution in [3.8, 4) is 17.0 Å². The van der Waals surface area contributed by atoms with Crippen LogP contribution < -0.4 is 10.5 Å². The molecule has 0 bridgehead atoms. The number of halogens is 2. The minimum atomic E-state index is -0.557. The van der Waals surface area contributed by atoms with Crippen molar-refractivity contribution < 1.29 is 18.7 Å². The SMILES string of the molecule is C[C@@H](Oc1cc(-c2cnn(C3CCN(C(=O)OC(C)(C)C)CC3)n2)cnc1N)c1cccc(F)c1Cl. The molecule has 3 heterocycles. The normalized spacial score (nSPS) is 15.6. The van der Waals surface area contributed by atoms with Gasteiger partial charge in [0.15, 0.2) is 11.6 Å². The second-order valence-electron chi connectivity index (χ2n) is 9.76. The summed E-state index contributed by atoms with van der Waals surface area (Å²) in [5.74, 6) is 0.0126. The van der Waals surface area contributed by atoms with Crippen molar-refractivity contribution in [1.82, 2.24) is 24.9 Å². The van der Waals surface area contributed by atoms with Gasteiger partial charge in [-0.25, -0.2) is 14.2 Å². The van der Waals surface area contributed by atoms with E-state index in [0.29, 0.717) is 48.5 Å². The molecule has 36 heavy (non-hydrogen) atoms. The predicted octanol–water partition coefficient (Wildman–Crippen LogP) is 5.43. The zero-order chi connectivity index (χ0) is 26.0. The Hall–Kier alpha value is -3.40. The molecule has 11 heteroatoms. The number of amides is 1. The number of nitrogens with two attached hydrogens (primary N) is 1. The molecule has 1 amide bonds. The van der Waals surface area contributed by atoms with Gasteiger partial charge in [0.1, 0.15) is 23.2 Å². The molecule has 2 N–H and O–H groups in total. The number of anilines is 1. The van der Waals surface area contributed by atoms with Crippen molar-refractivity contribution in [2.24, 2.45) is 0 Å². The van der Waals surface area contributed by atoms with Gasteiger partial charge in [-0.2, -0.15) is 15.0 Å². The Bertz CT molecular complexity index is 1240. The first-order chi connectivity index (χ1) is 17.0. The van der Waals surface area contributed by atoms with Crippen molar-refractivity contribution in [2.75, 3.05) is 18.8 Å². The number of nitrogen functional groups attached to an aromatic ring is 1. The van der Waals surface area contributed by atoms with E-state index < -0.39 is 17.5 Å². The highest BCUT2D eigenvalue weighted by Gasteiger charge is 2.28. The maximum atomic E-state index is 13.9. The highest BCUT2D eigenvalue weighted by molar-refractivity contribution is 6.31. The van der Waals surface area contributed by atoms with Crippen LogP contribution in [-0.4, -0.2) is 49.7 Å². The maximum absolute atomic E-state index is 13.9. The second kappa shape index (κ2) is 10.3. The fourth-order valence-corrected chi connectivity index (χ4v) is 4.25. The number of aromatic nitrogens is 4. The number of carbonyl (C=O) groups is 1. The molecule has 2 aromatic heterocycles. The van der Waals surface area contributed by atoms with Crippen LogP contribution in [0.3, 0.4) is 0 Å². The predicted molar refractivity (Wildman–Crippen MR) is 134 cm³/mol. The molecule has 0 saturated carbocycles. The quantitative estimate of drug-likeness (QED) is 0.481. The molecule has 9 nitrogen and oxygen atoms in total. The zero-order valence-corrected chi connectivity index (χ0v) is 21.5. The molecule has 4 rings (SSSR count). The maximum Gasteiger partial charge on any atom is 0.410 e. The van der Waals surface area contributed by atoms with Crippen LogP contribution >= 0.6 is 11.6 Å². The first-order valence-corrected chi connectivity index (χ1v) is 12.2. The Morgan fingerprint density at radius 3 is 2.67 bits per heavy atom. The molecule has 0 unspecified atom stereocenters. The summed E-state index contributed by atoms with van der Waals surface area (Å²) in [5, 5.41) is 9.08. The highest BCUT2D eigenvalue weighted by Crippen LogP contribution is 2.33. The van der Waals surface area contributed by atoms with Gasteiger partial charge in [0.25, 0.3) is 0 Å². The molecule has 1 saturated heterocycles. The number of hydrogen-bond acceptors (Lipinski definition) is 7. The van der Waals surface area contributed by atoms with Gasteiger partial charge in [-0.1, -0.05) is 23.7 Å². The van der Waals surface area contributed by atoms with E-state index in [-0.39, 0.29) is 23.0 Å². The molecule has 1 aliphatic rings. The largest absolute Gasteiger partial charge is 0.482 e. The number of likely N-dealkylation sites (tertiary alicyclic amines) is 1. The van der Waals surface area contributed by atoms with Crippen LogP contribution in [-0.2, 0) is 4.74 Å². The van der Waals surface area contributed by atoms with E-state index >= 15 is 0 Å². The van der Waals surface area contributed by atoms with Gasteiger partial charge in [0.05, 0.1) is 17.3 Å². The van der Waals surface area contributed by atoms with Crippen LogP contribution in [0.4, 0.5) is 15.0 Å². The third-order valence-corrected chi connectivity index (χ3v) is 6.25. The summed E-state index contributed by atoms with van der Waals surface area (Å²) in [7, 11) is 0. The number of ether oxygens (including phenoxy) is 2. The van der Waals surface area contributed by atoms with E-state index in [2.05, 4.69) is 15.2 Å². The fraction of sp³-hybridized carbons (Fsp3) is 0.440. The third kappa shape index (κ3) is 5.87. The highest BCUT2D eigenvalue weighted by atomic mass is 35.5. The van der Waals surface area contributed by atoms with E-state index in [0.717, 1.165) is 0 Å². The first kappa shape index (κ1) is 25.7. The Morgan fingerprint density at radius 1 is 1.25 bits per heavy atom. The van der Waals surface area contributed by atoms with Gasteiger partial charge < -0.3 is 20.1 Å². The summed E-state index contributed by atoms with van der Waals surface area (Å²) in [4.78, 5) is 19.9. The lowest BCUT2D eigenvalue weighted by Gasteiger charge is -2.33. The molecule has 0 radical (unpaired) electrons. The summed E-state index contributed by atoms with van der Waals surface area (Å²) in [6.07, 6.45) is 3.83. The minimum Gasteiger partial charge on any atom is -0.482 e. The second-order valence-corrected chi connectivity index (χ2v) is 10.1. The van der Waals surface area contributed by atoms with Gasteiger partial charge >= 0.3 is 6.09 Å². The number of piperidine rings is 1. The van der Waals surface area contributed by atoms with Crippen molar-refractivity contribution in [2.45, 2.75) is 58.3 Å². The summed E-state index contributed by atoms with van der Waals surface area (Å²) in [6, 6.07) is 6.35. The van der Waals surface area contributed by atoms with E-state index in [9.17, 15) is 9.18 Å². The molecule has 0 aliphatic carbocycles. The van der Waals surface area contributed by atoms with E-state index in [1.165, 1.54) is 6.07 Å². The van der Waals surface area contributed by atoms with Gasteiger partial charge in [-0.15, -0.1) is 0 Å². The first-order valence-electron chi connectivity index (χ1n) is 11.8. The minimum absolute atomic E-state index is 0.00773. The summed E-state index contributed by atoms with van der Waals surface area (Å²) in [6.45, 7) is 8.45. The molecule has 1 atom stereocenters. The molecule has 1 fully saturated rings. The topological polar surface area (TPSA) is 108 Å². The number of carbonyl (C=O) groups excluding carboxylic acids is 1. The van der Waals surface area contributed by atoms with Gasteiger partial charge in [-0.3, -0.25) is 0 Å². The lowest BCUT2D eigenvalue weighted by Crippen LogP contribution is -2.42. The average molecular weight is 517 g/mol. The average Bonchev–Trinajstić information content (AvgIpc) is 3.31. The van der Waals surface area contributed by atoms with Crippen molar-refractivity contribution in [3.05, 3.63) is 53.1 Å². The third-order valence-electron chi connectivity index (χ3n) is 5.85. The lowest BCUT2D eigenvalue weighted by molar-refractivity contribution is 0.0180. The Kier molecular flexibility index (Phi) is 7.35. The molecular weight excluding hydrogens is 487 g/mol. The number of benzene rings is 1. The van der Waals surface area contributed by atoms with Crippen LogP contribution in [0.1, 0.15) is 58.2 Å². The summed E-state index contributed by atoms with van der Waals surface area (Å²) in [5.41, 5.74) is 7.30. The molecule has 0 spiro atoms. The van der Waals surface area contributed by atoms with Crippen molar-refractivity contribution in [3.63, 3.8) is 0 Å².